The van der Waals surface area contributed by atoms with Crippen LogP contribution >= 0.6 is 0 Å². The number of anilines is 1. The molecule has 2 aromatic carbocycles. The van der Waals surface area contributed by atoms with Crippen molar-refractivity contribution in [3.63, 3.8) is 0 Å². The number of para-hydroxylation sites is 2. The Morgan fingerprint density at radius 1 is 1.12 bits per heavy atom. The number of hydrogen-bond acceptors (Lipinski definition) is 7. The molecule has 4 rings (SSSR count). The first kappa shape index (κ1) is 23.1. The highest BCUT2D eigenvalue weighted by molar-refractivity contribution is 7.89. The van der Waals surface area contributed by atoms with Crippen molar-refractivity contribution >= 4 is 27.6 Å². The third-order valence-electron chi connectivity index (χ3n) is 5.74. The third-order valence-corrected chi connectivity index (χ3v) is 7.63. The molecule has 0 bridgehead atoms. The average Bonchev–Trinajstić information content (AvgIpc) is 3.37. The lowest BCUT2D eigenvalue weighted by molar-refractivity contribution is -0.148. The maximum Gasteiger partial charge on any atom is 0.348 e. The fourth-order valence-electron chi connectivity index (χ4n) is 3.96. The van der Waals surface area contributed by atoms with Gasteiger partial charge in [0.15, 0.2) is 6.61 Å². The van der Waals surface area contributed by atoms with E-state index in [2.05, 4.69) is 0 Å². The van der Waals surface area contributed by atoms with Crippen molar-refractivity contribution in [2.75, 3.05) is 38.3 Å². The molecule has 0 unspecified atom stereocenters. The number of hydrogen-bond donors (Lipinski definition) is 0. The van der Waals surface area contributed by atoms with Crippen molar-refractivity contribution in [3.8, 4) is 11.5 Å². The molecule has 10 heteroatoms. The van der Waals surface area contributed by atoms with Gasteiger partial charge in [-0.1, -0.05) is 12.1 Å². The lowest BCUT2D eigenvalue weighted by atomic mass is 10.2. The first-order valence-corrected chi connectivity index (χ1v) is 12.1. The Balaban J connectivity index is 1.48. The van der Waals surface area contributed by atoms with E-state index in [0.717, 1.165) is 12.8 Å². The SMILES string of the molecule is COC(=O)[C@H]1CN(C(=O)COc2ccc(S(=O)(=O)N3CCCC3)cc2C)c2ccccc2O1. The van der Waals surface area contributed by atoms with E-state index in [-0.39, 0.29) is 24.0 Å². The summed E-state index contributed by atoms with van der Waals surface area (Å²) in [7, 11) is -2.27. The highest BCUT2D eigenvalue weighted by Crippen LogP contribution is 2.33. The van der Waals surface area contributed by atoms with Crippen LogP contribution in [0.5, 0.6) is 11.5 Å². The van der Waals surface area contributed by atoms with Gasteiger partial charge in [-0.25, -0.2) is 13.2 Å². The number of aryl methyl sites for hydroxylation is 1. The number of rotatable bonds is 6. The van der Waals surface area contributed by atoms with E-state index in [1.807, 2.05) is 0 Å². The Bertz CT molecular complexity index is 1160. The number of sulfonamides is 1. The normalized spacial score (nSPS) is 18.4. The Kier molecular flexibility index (Phi) is 6.57. The third kappa shape index (κ3) is 4.67. The molecule has 2 aliphatic rings. The van der Waals surface area contributed by atoms with Gasteiger partial charge in [0.2, 0.25) is 16.1 Å². The van der Waals surface area contributed by atoms with Gasteiger partial charge in [0.1, 0.15) is 11.5 Å². The van der Waals surface area contributed by atoms with Crippen molar-refractivity contribution in [3.05, 3.63) is 48.0 Å². The second kappa shape index (κ2) is 9.40. The van der Waals surface area contributed by atoms with Gasteiger partial charge in [0.05, 0.1) is 24.2 Å². The summed E-state index contributed by atoms with van der Waals surface area (Å²) in [5, 5.41) is 0. The van der Waals surface area contributed by atoms with E-state index >= 15 is 0 Å². The summed E-state index contributed by atoms with van der Waals surface area (Å²) in [5.41, 5.74) is 1.15. The van der Waals surface area contributed by atoms with E-state index in [4.69, 9.17) is 14.2 Å². The van der Waals surface area contributed by atoms with Crippen LogP contribution in [0.3, 0.4) is 0 Å². The second-order valence-electron chi connectivity index (χ2n) is 7.93. The minimum Gasteiger partial charge on any atom is -0.483 e. The molecule has 0 N–H and O–H groups in total. The smallest absolute Gasteiger partial charge is 0.348 e. The van der Waals surface area contributed by atoms with E-state index < -0.39 is 22.1 Å². The molecule has 2 heterocycles. The minimum atomic E-state index is -3.53. The van der Waals surface area contributed by atoms with Gasteiger partial charge >= 0.3 is 5.97 Å². The monoisotopic (exact) mass is 474 g/mol. The van der Waals surface area contributed by atoms with Crippen molar-refractivity contribution in [2.24, 2.45) is 0 Å². The molecular formula is C23H26N2O7S. The van der Waals surface area contributed by atoms with Crippen LogP contribution in [0.4, 0.5) is 5.69 Å². The van der Waals surface area contributed by atoms with E-state index in [9.17, 15) is 18.0 Å². The van der Waals surface area contributed by atoms with Gasteiger partial charge in [-0.2, -0.15) is 4.31 Å². The van der Waals surface area contributed by atoms with Gasteiger partial charge in [0.25, 0.3) is 5.91 Å². The number of carbonyl (C=O) groups excluding carboxylic acids is 2. The molecule has 0 saturated carbocycles. The molecule has 0 spiro atoms. The largest absolute Gasteiger partial charge is 0.483 e. The Hall–Kier alpha value is -3.11. The fourth-order valence-corrected chi connectivity index (χ4v) is 5.57. The summed E-state index contributed by atoms with van der Waals surface area (Å²) in [6.07, 6.45) is 0.789. The van der Waals surface area contributed by atoms with Crippen molar-refractivity contribution in [1.82, 2.24) is 4.31 Å². The molecule has 0 aromatic heterocycles. The topological polar surface area (TPSA) is 102 Å². The molecule has 0 aliphatic carbocycles. The molecule has 2 aliphatic heterocycles. The molecule has 2 aromatic rings. The van der Waals surface area contributed by atoms with Gasteiger partial charge in [-0.05, 0) is 55.7 Å². The summed E-state index contributed by atoms with van der Waals surface area (Å²) < 4.78 is 43.2. The summed E-state index contributed by atoms with van der Waals surface area (Å²) in [6.45, 7) is 2.50. The molecule has 1 atom stereocenters. The average molecular weight is 475 g/mol. The van der Waals surface area contributed by atoms with Crippen LogP contribution in [0.1, 0.15) is 18.4 Å². The van der Waals surface area contributed by atoms with Crippen molar-refractivity contribution in [2.45, 2.75) is 30.8 Å². The second-order valence-corrected chi connectivity index (χ2v) is 9.87. The predicted octanol–water partition coefficient (Wildman–Crippen LogP) is 2.13. The number of carbonyl (C=O) groups is 2. The highest BCUT2D eigenvalue weighted by atomic mass is 32.2. The van der Waals surface area contributed by atoms with Crippen LogP contribution in [0.15, 0.2) is 47.4 Å². The minimum absolute atomic E-state index is 0.00210. The number of benzene rings is 2. The highest BCUT2D eigenvalue weighted by Gasteiger charge is 2.34. The van der Waals surface area contributed by atoms with Crippen molar-refractivity contribution < 1.29 is 32.2 Å². The first-order chi connectivity index (χ1) is 15.8. The predicted molar refractivity (Wildman–Crippen MR) is 120 cm³/mol. The van der Waals surface area contributed by atoms with Crippen LogP contribution in [0, 0.1) is 6.92 Å². The summed E-state index contributed by atoms with van der Waals surface area (Å²) in [5.74, 6) is -0.128. The molecule has 33 heavy (non-hydrogen) atoms. The molecule has 0 radical (unpaired) electrons. The van der Waals surface area contributed by atoms with E-state index in [0.29, 0.717) is 35.8 Å². The molecule has 176 valence electrons. The Morgan fingerprint density at radius 3 is 2.55 bits per heavy atom. The zero-order valence-corrected chi connectivity index (χ0v) is 19.3. The number of nitrogens with zero attached hydrogens (tertiary/aromatic N) is 2. The Labute approximate surface area is 192 Å². The lowest BCUT2D eigenvalue weighted by Gasteiger charge is -2.33. The zero-order valence-electron chi connectivity index (χ0n) is 18.5. The fraction of sp³-hybridized carbons (Fsp3) is 0.391. The van der Waals surface area contributed by atoms with Crippen molar-refractivity contribution in [1.29, 1.82) is 0 Å². The number of amides is 1. The maximum absolute atomic E-state index is 13.0. The molecule has 1 saturated heterocycles. The first-order valence-electron chi connectivity index (χ1n) is 10.7. The molecule has 9 nitrogen and oxygen atoms in total. The van der Waals surface area contributed by atoms with Gasteiger partial charge < -0.3 is 19.1 Å². The van der Waals surface area contributed by atoms with E-state index in [1.54, 1.807) is 43.3 Å². The molecular weight excluding hydrogens is 448 g/mol. The number of esters is 1. The van der Waals surface area contributed by atoms with Gasteiger partial charge in [0, 0.05) is 13.1 Å². The quantitative estimate of drug-likeness (QED) is 0.591. The molecule has 1 fully saturated rings. The number of methoxy groups -OCH3 is 1. The van der Waals surface area contributed by atoms with Gasteiger partial charge in [-0.3, -0.25) is 4.79 Å². The summed E-state index contributed by atoms with van der Waals surface area (Å²) in [6, 6.07) is 11.5. The molecule has 1 amide bonds. The van der Waals surface area contributed by atoms with Crippen LogP contribution in [-0.2, 0) is 24.3 Å². The maximum atomic E-state index is 13.0. The summed E-state index contributed by atoms with van der Waals surface area (Å²) >= 11 is 0. The Morgan fingerprint density at radius 2 is 1.85 bits per heavy atom. The summed E-state index contributed by atoms with van der Waals surface area (Å²) in [4.78, 5) is 26.6. The van der Waals surface area contributed by atoms with E-state index in [1.165, 1.54) is 22.4 Å². The number of fused-ring (bicyclic) bond motifs is 1. The van der Waals surface area contributed by atoms with Gasteiger partial charge in [-0.15, -0.1) is 0 Å². The lowest BCUT2D eigenvalue weighted by Crippen LogP contribution is -2.48. The van der Waals surface area contributed by atoms with Crippen LogP contribution < -0.4 is 14.4 Å². The van der Waals surface area contributed by atoms with Crippen LogP contribution in [0.25, 0.3) is 0 Å². The zero-order chi connectivity index (χ0) is 23.6. The number of ether oxygens (including phenoxy) is 3. The standard InChI is InChI=1S/C23H26N2O7S/c1-16-13-17(33(28,29)24-11-5-6-12-24)9-10-19(16)31-15-22(26)25-14-21(23(27)30-2)32-20-8-4-3-7-18(20)25/h3-4,7-10,13,21H,5-6,11-12,14-15H2,1-2H3/t21-/m1/s1. The van der Waals surface area contributed by atoms with Crippen LogP contribution in [0.2, 0.25) is 0 Å². The van der Waals surface area contributed by atoms with Crippen LogP contribution in [-0.4, -0.2) is 64.1 Å².